The third-order valence-electron chi connectivity index (χ3n) is 11.3. The molecule has 4 heterocycles. The van der Waals surface area contributed by atoms with Crippen LogP contribution in [-0.2, 0) is 6.42 Å². The van der Waals surface area contributed by atoms with Crippen LogP contribution < -0.4 is 9.47 Å². The van der Waals surface area contributed by atoms with E-state index in [-0.39, 0.29) is 11.8 Å². The van der Waals surface area contributed by atoms with Gasteiger partial charge in [-0.1, -0.05) is 97.1 Å². The van der Waals surface area contributed by atoms with Crippen molar-refractivity contribution in [1.29, 1.82) is 0 Å². The second kappa shape index (κ2) is 13.5. The molecule has 0 fully saturated rings. The first-order valence-electron chi connectivity index (χ1n) is 18.8. The summed E-state index contributed by atoms with van der Waals surface area (Å²) in [6.07, 6.45) is 9.38. The zero-order valence-corrected chi connectivity index (χ0v) is 30.7. The summed E-state index contributed by atoms with van der Waals surface area (Å²) >= 11 is 0. The molecule has 0 aliphatic rings. The average molecular weight is 717 g/mol. The molecule has 0 saturated heterocycles. The van der Waals surface area contributed by atoms with E-state index in [1.807, 2.05) is 0 Å². The number of methoxy groups -OCH3 is 2. The van der Waals surface area contributed by atoms with Gasteiger partial charge in [0, 0.05) is 91.4 Å². The van der Waals surface area contributed by atoms with E-state index >= 15 is 0 Å². The molecule has 268 valence electrons. The van der Waals surface area contributed by atoms with Crippen LogP contribution in [0.25, 0.3) is 43.6 Å². The summed E-state index contributed by atoms with van der Waals surface area (Å²) in [6.45, 7) is 0. The maximum Gasteiger partial charge on any atom is 0.123 e. The Balaban J connectivity index is 1.11. The molecule has 6 nitrogen and oxygen atoms in total. The minimum atomic E-state index is -0.0817. The molecular weight excluding hydrogens is 677 g/mol. The van der Waals surface area contributed by atoms with E-state index < -0.39 is 0 Å². The number of aromatic nitrogens is 4. The van der Waals surface area contributed by atoms with Crippen molar-refractivity contribution in [2.75, 3.05) is 14.2 Å². The van der Waals surface area contributed by atoms with Gasteiger partial charge in [0.05, 0.1) is 14.2 Å². The average Bonchev–Trinajstić information content (AvgIpc) is 4.05. The lowest BCUT2D eigenvalue weighted by atomic mass is 9.82. The fourth-order valence-corrected chi connectivity index (χ4v) is 8.81. The topological polar surface area (TPSA) is 81.6 Å². The van der Waals surface area contributed by atoms with Crippen molar-refractivity contribution in [1.82, 2.24) is 19.9 Å². The monoisotopic (exact) mass is 716 g/mol. The molecule has 0 spiro atoms. The van der Waals surface area contributed by atoms with Crippen LogP contribution in [0.2, 0.25) is 0 Å². The van der Waals surface area contributed by atoms with Crippen LogP contribution in [0, 0.1) is 0 Å². The smallest absolute Gasteiger partial charge is 0.123 e. The summed E-state index contributed by atoms with van der Waals surface area (Å²) in [7, 11) is 3.54. The van der Waals surface area contributed by atoms with E-state index in [2.05, 4.69) is 178 Å². The molecule has 0 aliphatic heterocycles. The summed E-state index contributed by atoms with van der Waals surface area (Å²) < 4.78 is 12.3. The Morgan fingerprint density at radius 1 is 0.382 bits per heavy atom. The van der Waals surface area contributed by atoms with Gasteiger partial charge in [0.25, 0.3) is 0 Å². The lowest BCUT2D eigenvalue weighted by Crippen LogP contribution is -2.07. The van der Waals surface area contributed by atoms with Gasteiger partial charge in [0.15, 0.2) is 0 Å². The molecule has 10 aromatic rings. The summed E-state index contributed by atoms with van der Waals surface area (Å²) in [5.41, 5.74) is 14.0. The zero-order valence-electron chi connectivity index (χ0n) is 30.7. The van der Waals surface area contributed by atoms with Crippen molar-refractivity contribution in [3.8, 4) is 11.5 Å². The lowest BCUT2D eigenvalue weighted by molar-refractivity contribution is 0.409. The van der Waals surface area contributed by atoms with E-state index in [0.29, 0.717) is 0 Å². The van der Waals surface area contributed by atoms with Gasteiger partial charge in [-0.05, 0) is 76.2 Å². The molecule has 0 bridgehead atoms. The first-order chi connectivity index (χ1) is 27.2. The molecule has 10 rings (SSSR count). The van der Waals surface area contributed by atoms with E-state index in [4.69, 9.17) is 9.47 Å². The predicted molar refractivity (Wildman–Crippen MR) is 224 cm³/mol. The van der Waals surface area contributed by atoms with Gasteiger partial charge in [-0.25, -0.2) is 0 Å². The number of ether oxygens (including phenoxy) is 2. The quantitative estimate of drug-likeness (QED) is 0.114. The van der Waals surface area contributed by atoms with E-state index in [0.717, 1.165) is 51.1 Å². The standard InChI is InChI=1S/C49H40N4O2/c1-54-46-21-19-30(24-36(46)48(38-26-50-42-15-7-3-11-32(38)42)39-27-51-43-16-8-4-12-33(39)43)23-31-20-22-47(55-2)37(25-31)49(40-28-52-44-17-9-5-13-34(40)44)41-29-53-45-18-10-6-14-35(41)45/h3-22,24-29,48-53H,23H2,1-2H3. The van der Waals surface area contributed by atoms with Crippen LogP contribution in [0.15, 0.2) is 158 Å². The maximum atomic E-state index is 6.14. The number of nitrogens with one attached hydrogen (secondary N) is 4. The van der Waals surface area contributed by atoms with Crippen LogP contribution >= 0.6 is 0 Å². The molecule has 6 heteroatoms. The van der Waals surface area contributed by atoms with E-state index in [1.165, 1.54) is 54.9 Å². The maximum absolute atomic E-state index is 6.14. The van der Waals surface area contributed by atoms with Crippen molar-refractivity contribution in [2.24, 2.45) is 0 Å². The number of fused-ring (bicyclic) bond motifs is 4. The largest absolute Gasteiger partial charge is 0.496 e. The van der Waals surface area contributed by atoms with Gasteiger partial charge in [-0.2, -0.15) is 0 Å². The zero-order chi connectivity index (χ0) is 36.9. The molecule has 4 N–H and O–H groups in total. The van der Waals surface area contributed by atoms with Crippen LogP contribution in [0.4, 0.5) is 0 Å². The fourth-order valence-electron chi connectivity index (χ4n) is 8.81. The molecule has 0 atom stereocenters. The highest BCUT2D eigenvalue weighted by atomic mass is 16.5. The van der Waals surface area contributed by atoms with Gasteiger partial charge in [-0.15, -0.1) is 0 Å². The highest BCUT2D eigenvalue weighted by molar-refractivity contribution is 5.91. The van der Waals surface area contributed by atoms with Gasteiger partial charge in [-0.3, -0.25) is 0 Å². The molecule has 0 unspecified atom stereocenters. The Hall–Kier alpha value is -6.92. The van der Waals surface area contributed by atoms with Crippen molar-refractivity contribution in [3.05, 3.63) is 203 Å². The number of aromatic amines is 4. The van der Waals surface area contributed by atoms with Crippen molar-refractivity contribution in [2.45, 2.75) is 18.3 Å². The highest BCUT2D eigenvalue weighted by Gasteiger charge is 2.28. The number of H-pyrrole nitrogens is 4. The number of benzene rings is 6. The third-order valence-corrected chi connectivity index (χ3v) is 11.3. The normalized spacial score (nSPS) is 11.9. The highest BCUT2D eigenvalue weighted by Crippen LogP contribution is 2.45. The SMILES string of the molecule is COc1ccc(Cc2ccc(OC)c(C(c3c[nH]c4ccccc34)c3c[nH]c4ccccc34)c2)cc1C(c1c[nH]c2ccccc12)c1c[nH]c2ccccc12. The second-order valence-corrected chi connectivity index (χ2v) is 14.4. The van der Waals surface area contributed by atoms with Crippen LogP contribution in [0.1, 0.15) is 56.3 Å². The second-order valence-electron chi connectivity index (χ2n) is 14.4. The number of rotatable bonds is 10. The number of hydrogen-bond donors (Lipinski definition) is 4. The minimum absolute atomic E-state index is 0.0817. The summed E-state index contributed by atoms with van der Waals surface area (Å²) in [6, 6.07) is 47.5. The third kappa shape index (κ3) is 5.57. The Morgan fingerprint density at radius 3 is 1.00 bits per heavy atom. The Morgan fingerprint density at radius 2 is 0.691 bits per heavy atom. The summed E-state index contributed by atoms with van der Waals surface area (Å²) in [5, 5.41) is 4.80. The first kappa shape index (κ1) is 32.7. The van der Waals surface area contributed by atoms with Gasteiger partial charge in [0.2, 0.25) is 0 Å². The molecule has 4 aromatic heterocycles. The van der Waals surface area contributed by atoms with Crippen molar-refractivity contribution < 1.29 is 9.47 Å². The van der Waals surface area contributed by atoms with Crippen LogP contribution in [-0.4, -0.2) is 34.2 Å². The van der Waals surface area contributed by atoms with Gasteiger partial charge >= 0.3 is 0 Å². The van der Waals surface area contributed by atoms with Gasteiger partial charge < -0.3 is 29.4 Å². The molecule has 0 aliphatic carbocycles. The van der Waals surface area contributed by atoms with Crippen molar-refractivity contribution in [3.63, 3.8) is 0 Å². The minimum Gasteiger partial charge on any atom is -0.496 e. The predicted octanol–water partition coefficient (Wildman–Crippen LogP) is 11.6. The number of hydrogen-bond acceptors (Lipinski definition) is 2. The molecular formula is C49H40N4O2. The first-order valence-corrected chi connectivity index (χ1v) is 18.8. The van der Waals surface area contributed by atoms with E-state index in [1.54, 1.807) is 14.2 Å². The molecule has 55 heavy (non-hydrogen) atoms. The van der Waals surface area contributed by atoms with Crippen LogP contribution in [0.5, 0.6) is 11.5 Å². The lowest BCUT2D eigenvalue weighted by Gasteiger charge is -2.22. The van der Waals surface area contributed by atoms with Gasteiger partial charge in [0.1, 0.15) is 11.5 Å². The summed E-state index contributed by atoms with van der Waals surface area (Å²) in [5.74, 6) is 1.56. The fraction of sp³-hybridized carbons (Fsp3) is 0.102. The van der Waals surface area contributed by atoms with Crippen molar-refractivity contribution >= 4 is 43.6 Å². The molecule has 0 saturated carbocycles. The van der Waals surface area contributed by atoms with E-state index in [9.17, 15) is 0 Å². The molecule has 0 amide bonds. The van der Waals surface area contributed by atoms with Crippen LogP contribution in [0.3, 0.4) is 0 Å². The Labute approximate surface area is 318 Å². The molecule has 6 aromatic carbocycles. The summed E-state index contributed by atoms with van der Waals surface area (Å²) in [4.78, 5) is 14.2. The Bertz CT molecular complexity index is 2630. The molecule has 0 radical (unpaired) electrons. The Kier molecular flexibility index (Phi) is 8.02. The number of para-hydroxylation sites is 4.